The normalized spacial score (nSPS) is 18.3. The van der Waals surface area contributed by atoms with Crippen LogP contribution in [0.1, 0.15) is 57.4 Å². The lowest BCUT2D eigenvalue weighted by molar-refractivity contribution is -0.130. The van der Waals surface area contributed by atoms with E-state index in [1.54, 1.807) is 11.3 Å². The van der Waals surface area contributed by atoms with E-state index < -0.39 is 0 Å². The molecular weight excluding hydrogens is 280 g/mol. The molecule has 21 heavy (non-hydrogen) atoms. The molecule has 1 aromatic rings. The number of likely N-dealkylation sites (tertiary alicyclic amines) is 1. The number of rotatable bonds is 4. The Balaban J connectivity index is 1.93. The van der Waals surface area contributed by atoms with Crippen LogP contribution in [0.25, 0.3) is 0 Å². The van der Waals surface area contributed by atoms with E-state index in [1.165, 1.54) is 17.7 Å². The minimum atomic E-state index is 0.101. The third-order valence-electron chi connectivity index (χ3n) is 4.11. The first-order valence-corrected chi connectivity index (χ1v) is 8.91. The van der Waals surface area contributed by atoms with Crippen LogP contribution in [0, 0.1) is 5.41 Å². The Morgan fingerprint density at radius 3 is 2.48 bits per heavy atom. The van der Waals surface area contributed by atoms with Gasteiger partial charge in [0.05, 0.1) is 6.54 Å². The van der Waals surface area contributed by atoms with Gasteiger partial charge in [0.25, 0.3) is 0 Å². The van der Waals surface area contributed by atoms with Crippen molar-refractivity contribution in [1.29, 1.82) is 0 Å². The minimum absolute atomic E-state index is 0.101. The van der Waals surface area contributed by atoms with E-state index in [9.17, 15) is 4.79 Å². The van der Waals surface area contributed by atoms with Crippen molar-refractivity contribution in [2.45, 2.75) is 52.5 Å². The van der Waals surface area contributed by atoms with Crippen LogP contribution < -0.4 is 5.32 Å². The third kappa shape index (κ3) is 4.82. The molecule has 1 aliphatic heterocycles. The van der Waals surface area contributed by atoms with Crippen molar-refractivity contribution in [3.8, 4) is 0 Å². The van der Waals surface area contributed by atoms with E-state index in [0.29, 0.717) is 6.54 Å². The molecule has 4 heteroatoms. The van der Waals surface area contributed by atoms with Gasteiger partial charge in [-0.15, -0.1) is 11.3 Å². The maximum Gasteiger partial charge on any atom is 0.236 e. The average Bonchev–Trinajstić information content (AvgIpc) is 2.78. The van der Waals surface area contributed by atoms with Gasteiger partial charge in [-0.2, -0.15) is 0 Å². The zero-order chi connectivity index (χ0) is 15.3. The van der Waals surface area contributed by atoms with E-state index in [1.807, 2.05) is 4.90 Å². The number of carbonyl (C=O) groups is 1. The van der Waals surface area contributed by atoms with Gasteiger partial charge in [0, 0.05) is 24.0 Å². The summed E-state index contributed by atoms with van der Waals surface area (Å²) in [5.41, 5.74) is 0.101. The van der Waals surface area contributed by atoms with Gasteiger partial charge in [-0.25, -0.2) is 0 Å². The van der Waals surface area contributed by atoms with Crippen molar-refractivity contribution in [2.24, 2.45) is 5.41 Å². The summed E-state index contributed by atoms with van der Waals surface area (Å²) in [4.78, 5) is 15.8. The highest BCUT2D eigenvalue weighted by molar-refractivity contribution is 7.10. The molecule has 1 amide bonds. The number of nitrogens with zero attached hydrogens (tertiary/aromatic N) is 1. The van der Waals surface area contributed by atoms with Crippen LogP contribution in [-0.4, -0.2) is 30.4 Å². The van der Waals surface area contributed by atoms with Crippen LogP contribution in [0.15, 0.2) is 17.5 Å². The lowest BCUT2D eigenvalue weighted by Gasteiger charge is -2.31. The molecule has 1 aromatic heterocycles. The summed E-state index contributed by atoms with van der Waals surface area (Å²) in [5.74, 6) is 0.253. The lowest BCUT2D eigenvalue weighted by Crippen LogP contribution is -2.42. The Kier molecular flexibility index (Phi) is 5.82. The lowest BCUT2D eigenvalue weighted by atomic mass is 9.86. The summed E-state index contributed by atoms with van der Waals surface area (Å²) < 4.78 is 0. The van der Waals surface area contributed by atoms with E-state index in [0.717, 1.165) is 25.9 Å². The number of carbonyl (C=O) groups excluding carboxylic acids is 1. The van der Waals surface area contributed by atoms with Crippen LogP contribution >= 0.6 is 11.3 Å². The van der Waals surface area contributed by atoms with E-state index >= 15 is 0 Å². The first kappa shape index (κ1) is 16.5. The van der Waals surface area contributed by atoms with Gasteiger partial charge >= 0.3 is 0 Å². The predicted octanol–water partition coefficient (Wildman–Crippen LogP) is 3.83. The van der Waals surface area contributed by atoms with Crippen LogP contribution in [0.3, 0.4) is 0 Å². The zero-order valence-electron chi connectivity index (χ0n) is 13.5. The number of hydrogen-bond acceptors (Lipinski definition) is 3. The van der Waals surface area contributed by atoms with Crippen molar-refractivity contribution in [3.63, 3.8) is 0 Å². The van der Waals surface area contributed by atoms with E-state index in [2.05, 4.69) is 43.6 Å². The van der Waals surface area contributed by atoms with Crippen molar-refractivity contribution < 1.29 is 4.79 Å². The molecule has 0 radical (unpaired) electrons. The number of amides is 1. The second-order valence-corrected chi connectivity index (χ2v) is 7.97. The maximum atomic E-state index is 12.4. The van der Waals surface area contributed by atoms with Gasteiger partial charge in [0.1, 0.15) is 0 Å². The van der Waals surface area contributed by atoms with Gasteiger partial charge in [-0.3, -0.25) is 4.79 Å². The minimum Gasteiger partial charge on any atom is -0.342 e. The summed E-state index contributed by atoms with van der Waals surface area (Å²) in [5, 5.41) is 5.60. The molecule has 0 saturated carbocycles. The van der Waals surface area contributed by atoms with E-state index in [-0.39, 0.29) is 17.4 Å². The highest BCUT2D eigenvalue weighted by atomic mass is 32.1. The molecule has 0 bridgehead atoms. The summed E-state index contributed by atoms with van der Waals surface area (Å²) in [7, 11) is 0. The molecule has 118 valence electrons. The summed E-state index contributed by atoms with van der Waals surface area (Å²) in [6, 6.07) is 4.47. The zero-order valence-corrected chi connectivity index (χ0v) is 14.3. The molecule has 1 atom stereocenters. The second kappa shape index (κ2) is 7.41. The number of thiophene rings is 1. The fraction of sp³-hybridized carbons (Fsp3) is 0.706. The predicted molar refractivity (Wildman–Crippen MR) is 89.6 cm³/mol. The van der Waals surface area contributed by atoms with Crippen LogP contribution in [0.2, 0.25) is 0 Å². The van der Waals surface area contributed by atoms with Crippen LogP contribution in [0.5, 0.6) is 0 Å². The largest absolute Gasteiger partial charge is 0.342 e. The fourth-order valence-corrected chi connectivity index (χ4v) is 3.95. The second-order valence-electron chi connectivity index (χ2n) is 6.99. The Bertz CT molecular complexity index is 428. The molecule has 3 nitrogen and oxygen atoms in total. The Morgan fingerprint density at radius 1 is 1.29 bits per heavy atom. The highest BCUT2D eigenvalue weighted by Gasteiger charge is 2.28. The summed E-state index contributed by atoms with van der Waals surface area (Å²) >= 11 is 1.76. The van der Waals surface area contributed by atoms with Crippen molar-refractivity contribution >= 4 is 17.2 Å². The molecule has 0 aliphatic carbocycles. The topological polar surface area (TPSA) is 32.3 Å². The molecular formula is C17H28N2OS. The highest BCUT2D eigenvalue weighted by Crippen LogP contribution is 2.34. The maximum absolute atomic E-state index is 12.4. The Morgan fingerprint density at radius 2 is 1.95 bits per heavy atom. The first-order valence-electron chi connectivity index (χ1n) is 8.03. The monoisotopic (exact) mass is 308 g/mol. The standard InChI is InChI=1S/C17H28N2OS/c1-17(2,3)16(14-9-8-12-21-14)18-13-15(20)19-10-6-4-5-7-11-19/h8-9,12,16,18H,4-7,10-11,13H2,1-3H3. The van der Waals surface area contributed by atoms with Gasteiger partial charge in [-0.1, -0.05) is 39.7 Å². The Hall–Kier alpha value is -0.870. The molecule has 2 heterocycles. The molecule has 1 aliphatic rings. The van der Waals surface area contributed by atoms with Gasteiger partial charge in [0.2, 0.25) is 5.91 Å². The number of nitrogens with one attached hydrogen (secondary N) is 1. The van der Waals surface area contributed by atoms with Gasteiger partial charge < -0.3 is 10.2 Å². The molecule has 1 N–H and O–H groups in total. The smallest absolute Gasteiger partial charge is 0.236 e. The molecule has 2 rings (SSSR count). The average molecular weight is 308 g/mol. The molecule has 1 unspecified atom stereocenters. The van der Waals surface area contributed by atoms with Crippen molar-refractivity contribution in [2.75, 3.05) is 19.6 Å². The number of hydrogen-bond donors (Lipinski definition) is 1. The first-order chi connectivity index (χ1) is 9.98. The van der Waals surface area contributed by atoms with Crippen molar-refractivity contribution in [1.82, 2.24) is 10.2 Å². The molecule has 0 aromatic carbocycles. The fourth-order valence-electron chi connectivity index (χ4n) is 2.91. The van der Waals surface area contributed by atoms with Crippen LogP contribution in [-0.2, 0) is 4.79 Å². The Labute approximate surface area is 132 Å². The SMILES string of the molecule is CC(C)(C)C(NCC(=O)N1CCCCCC1)c1cccs1. The summed E-state index contributed by atoms with van der Waals surface area (Å²) in [6.07, 6.45) is 4.83. The quantitative estimate of drug-likeness (QED) is 0.917. The molecule has 1 saturated heterocycles. The van der Waals surface area contributed by atoms with E-state index in [4.69, 9.17) is 0 Å². The van der Waals surface area contributed by atoms with Crippen molar-refractivity contribution in [3.05, 3.63) is 22.4 Å². The molecule has 1 fully saturated rings. The molecule has 0 spiro atoms. The van der Waals surface area contributed by atoms with Gasteiger partial charge in [-0.05, 0) is 29.7 Å². The van der Waals surface area contributed by atoms with Gasteiger partial charge in [0.15, 0.2) is 0 Å². The third-order valence-corrected chi connectivity index (χ3v) is 5.05. The van der Waals surface area contributed by atoms with Crippen LogP contribution in [0.4, 0.5) is 0 Å². The summed E-state index contributed by atoms with van der Waals surface area (Å²) in [6.45, 7) is 8.97.